The number of aryl methyl sites for hydroxylation is 1. The summed E-state index contributed by atoms with van der Waals surface area (Å²) in [6, 6.07) is 1.97. The van der Waals surface area contributed by atoms with Crippen molar-refractivity contribution >= 4 is 18.1 Å². The van der Waals surface area contributed by atoms with Gasteiger partial charge in [0.05, 0.1) is 23.6 Å². The maximum Gasteiger partial charge on any atom is 0.111 e. The Kier molecular flexibility index (Phi) is 1.35. The summed E-state index contributed by atoms with van der Waals surface area (Å²) in [6.07, 6.45) is 3.54. The van der Waals surface area contributed by atoms with Crippen LogP contribution in [0.1, 0.15) is 5.69 Å². The number of hydrogen-bond acceptors (Lipinski definition) is 3. The van der Waals surface area contributed by atoms with Crippen LogP contribution in [0, 0.1) is 6.92 Å². The topological polar surface area (TPSA) is 30.2 Å². The summed E-state index contributed by atoms with van der Waals surface area (Å²) in [5.41, 5.74) is 1.99. The number of fused-ring (bicyclic) bond motifs is 1. The van der Waals surface area contributed by atoms with Gasteiger partial charge in [0.25, 0.3) is 0 Å². The lowest BCUT2D eigenvalue weighted by molar-refractivity contribution is 0.888. The standard InChI is InChI=1S/C7H7N3S/c1-5-2-6-3-8-7(11)4-10(6)9-5/h2-4,11H,1H3. The number of hydrogen-bond donors (Lipinski definition) is 1. The first kappa shape index (κ1) is 6.67. The van der Waals surface area contributed by atoms with Gasteiger partial charge in [-0.15, -0.1) is 12.6 Å². The van der Waals surface area contributed by atoms with Gasteiger partial charge in [-0.05, 0) is 13.0 Å². The van der Waals surface area contributed by atoms with Crippen molar-refractivity contribution in [3.8, 4) is 0 Å². The molecule has 2 aromatic rings. The van der Waals surface area contributed by atoms with Crippen molar-refractivity contribution in [2.75, 3.05) is 0 Å². The van der Waals surface area contributed by atoms with Crippen LogP contribution in [0.4, 0.5) is 0 Å². The number of aromatic nitrogens is 3. The molecule has 0 bridgehead atoms. The van der Waals surface area contributed by atoms with Crippen LogP contribution in [0.15, 0.2) is 23.5 Å². The molecule has 0 aromatic carbocycles. The average Bonchev–Trinajstić information content (AvgIpc) is 2.27. The number of rotatable bonds is 0. The number of nitrogens with zero attached hydrogens (tertiary/aromatic N) is 3. The molecule has 4 heteroatoms. The third kappa shape index (κ3) is 1.09. The van der Waals surface area contributed by atoms with Crippen LogP contribution in [0.25, 0.3) is 5.52 Å². The van der Waals surface area contributed by atoms with Gasteiger partial charge in [0.1, 0.15) is 5.03 Å². The van der Waals surface area contributed by atoms with Crippen LogP contribution in [0.5, 0.6) is 0 Å². The van der Waals surface area contributed by atoms with Crippen LogP contribution in [-0.2, 0) is 0 Å². The van der Waals surface area contributed by atoms with E-state index in [-0.39, 0.29) is 0 Å². The molecular weight excluding hydrogens is 158 g/mol. The van der Waals surface area contributed by atoms with Gasteiger partial charge in [-0.2, -0.15) is 5.10 Å². The molecule has 0 aliphatic heterocycles. The SMILES string of the molecule is Cc1cc2cnc(S)cn2n1. The van der Waals surface area contributed by atoms with E-state index in [0.29, 0.717) is 5.03 Å². The second kappa shape index (κ2) is 2.23. The fourth-order valence-corrected chi connectivity index (χ4v) is 1.18. The van der Waals surface area contributed by atoms with Crippen molar-refractivity contribution in [3.05, 3.63) is 24.2 Å². The first-order valence-corrected chi connectivity index (χ1v) is 3.71. The molecule has 0 atom stereocenters. The van der Waals surface area contributed by atoms with Gasteiger partial charge in [0, 0.05) is 0 Å². The van der Waals surface area contributed by atoms with E-state index in [4.69, 9.17) is 0 Å². The van der Waals surface area contributed by atoms with Gasteiger partial charge in [0.15, 0.2) is 0 Å². The Morgan fingerprint density at radius 1 is 1.55 bits per heavy atom. The minimum atomic E-state index is 0.681. The molecule has 0 aliphatic rings. The minimum absolute atomic E-state index is 0.681. The van der Waals surface area contributed by atoms with Crippen LogP contribution in [-0.4, -0.2) is 14.6 Å². The second-order valence-electron chi connectivity index (χ2n) is 2.40. The van der Waals surface area contributed by atoms with Crippen molar-refractivity contribution in [2.45, 2.75) is 11.9 Å². The van der Waals surface area contributed by atoms with Gasteiger partial charge >= 0.3 is 0 Å². The summed E-state index contributed by atoms with van der Waals surface area (Å²) in [7, 11) is 0. The molecule has 0 unspecified atom stereocenters. The summed E-state index contributed by atoms with van der Waals surface area (Å²) in [6.45, 7) is 1.95. The van der Waals surface area contributed by atoms with E-state index in [1.165, 1.54) is 0 Å². The predicted octanol–water partition coefficient (Wildman–Crippen LogP) is 1.33. The third-order valence-corrected chi connectivity index (χ3v) is 1.68. The van der Waals surface area contributed by atoms with Crippen molar-refractivity contribution in [1.29, 1.82) is 0 Å². The molecule has 0 spiro atoms. The monoisotopic (exact) mass is 165 g/mol. The molecule has 56 valence electrons. The fraction of sp³-hybridized carbons (Fsp3) is 0.143. The van der Waals surface area contributed by atoms with Crippen molar-refractivity contribution < 1.29 is 0 Å². The van der Waals surface area contributed by atoms with Crippen molar-refractivity contribution in [1.82, 2.24) is 14.6 Å². The molecule has 0 fully saturated rings. The molecule has 0 aliphatic carbocycles. The van der Waals surface area contributed by atoms with E-state index in [9.17, 15) is 0 Å². The van der Waals surface area contributed by atoms with Crippen molar-refractivity contribution in [3.63, 3.8) is 0 Å². The van der Waals surface area contributed by atoms with E-state index >= 15 is 0 Å². The Labute approximate surface area is 69.5 Å². The molecular formula is C7H7N3S. The quantitative estimate of drug-likeness (QED) is 0.597. The van der Waals surface area contributed by atoms with E-state index in [1.54, 1.807) is 16.9 Å². The van der Waals surface area contributed by atoms with Gasteiger partial charge in [-0.25, -0.2) is 9.50 Å². The highest BCUT2D eigenvalue weighted by Gasteiger charge is 1.96. The summed E-state index contributed by atoms with van der Waals surface area (Å²) in [4.78, 5) is 4.02. The molecule has 11 heavy (non-hydrogen) atoms. The zero-order valence-electron chi connectivity index (χ0n) is 6.02. The Balaban J connectivity index is 2.82. The zero-order chi connectivity index (χ0) is 7.84. The predicted molar refractivity (Wildman–Crippen MR) is 45.0 cm³/mol. The normalized spacial score (nSPS) is 10.7. The highest BCUT2D eigenvalue weighted by atomic mass is 32.1. The van der Waals surface area contributed by atoms with Gasteiger partial charge in [-0.1, -0.05) is 0 Å². The van der Waals surface area contributed by atoms with Crippen molar-refractivity contribution in [2.24, 2.45) is 0 Å². The van der Waals surface area contributed by atoms with Crippen LogP contribution >= 0.6 is 12.6 Å². The Bertz CT molecular complexity index is 393. The maximum absolute atomic E-state index is 4.20. The molecule has 0 saturated heterocycles. The second-order valence-corrected chi connectivity index (χ2v) is 2.86. The molecule has 3 nitrogen and oxygen atoms in total. The first-order valence-electron chi connectivity index (χ1n) is 3.27. The third-order valence-electron chi connectivity index (χ3n) is 1.45. The molecule has 0 amide bonds. The van der Waals surface area contributed by atoms with Crippen LogP contribution in [0.2, 0.25) is 0 Å². The lowest BCUT2D eigenvalue weighted by Crippen LogP contribution is -1.88. The highest BCUT2D eigenvalue weighted by molar-refractivity contribution is 7.80. The zero-order valence-corrected chi connectivity index (χ0v) is 6.92. The van der Waals surface area contributed by atoms with E-state index in [0.717, 1.165) is 11.2 Å². The van der Waals surface area contributed by atoms with E-state index < -0.39 is 0 Å². The lowest BCUT2D eigenvalue weighted by Gasteiger charge is -1.91. The summed E-state index contributed by atoms with van der Waals surface area (Å²) in [5, 5.41) is 4.88. The number of thiol groups is 1. The molecule has 0 radical (unpaired) electrons. The molecule has 2 rings (SSSR count). The van der Waals surface area contributed by atoms with Gasteiger partial charge in [-0.3, -0.25) is 0 Å². The largest absolute Gasteiger partial charge is 0.246 e. The summed E-state index contributed by atoms with van der Waals surface area (Å²) in [5.74, 6) is 0. The summed E-state index contributed by atoms with van der Waals surface area (Å²) < 4.78 is 1.77. The minimum Gasteiger partial charge on any atom is -0.246 e. The fourth-order valence-electron chi connectivity index (χ4n) is 1.01. The lowest BCUT2D eigenvalue weighted by atomic mass is 10.4. The molecule has 2 heterocycles. The van der Waals surface area contributed by atoms with Gasteiger partial charge < -0.3 is 0 Å². The van der Waals surface area contributed by atoms with E-state index in [2.05, 4.69) is 22.7 Å². The summed E-state index contributed by atoms with van der Waals surface area (Å²) >= 11 is 4.10. The Morgan fingerprint density at radius 3 is 3.18 bits per heavy atom. The average molecular weight is 165 g/mol. The Hall–Kier alpha value is -1.03. The van der Waals surface area contributed by atoms with Crippen LogP contribution in [0.3, 0.4) is 0 Å². The van der Waals surface area contributed by atoms with Crippen LogP contribution < -0.4 is 0 Å². The maximum atomic E-state index is 4.20. The first-order chi connectivity index (χ1) is 5.25. The Morgan fingerprint density at radius 2 is 2.36 bits per heavy atom. The molecule has 0 N–H and O–H groups in total. The van der Waals surface area contributed by atoms with Gasteiger partial charge in [0.2, 0.25) is 0 Å². The smallest absolute Gasteiger partial charge is 0.111 e. The highest BCUT2D eigenvalue weighted by Crippen LogP contribution is 2.06. The molecule has 2 aromatic heterocycles. The van der Waals surface area contributed by atoms with E-state index in [1.807, 2.05) is 13.0 Å². The molecule has 0 saturated carbocycles.